The molecule has 0 atom stereocenters. The van der Waals surface area contributed by atoms with Gasteiger partial charge in [-0.05, 0) is 56.5 Å². The fourth-order valence-corrected chi connectivity index (χ4v) is 4.26. The van der Waals surface area contributed by atoms with Gasteiger partial charge in [0.05, 0.1) is 29.7 Å². The summed E-state index contributed by atoms with van der Waals surface area (Å²) in [6.07, 6.45) is -0.107. The maximum Gasteiger partial charge on any atom is 0.282 e. The number of carbonyl (C=O) groups excluding carboxylic acids is 2. The summed E-state index contributed by atoms with van der Waals surface area (Å²) in [5.41, 5.74) is 1.58. The fourth-order valence-electron chi connectivity index (χ4n) is 3.50. The number of hydrogen-bond acceptors (Lipinski definition) is 6. The van der Waals surface area contributed by atoms with Crippen molar-refractivity contribution in [1.29, 1.82) is 0 Å². The molecule has 4 rings (SSSR count). The summed E-state index contributed by atoms with van der Waals surface area (Å²) in [4.78, 5) is 29.1. The molecule has 0 aliphatic carbocycles. The van der Waals surface area contributed by atoms with Gasteiger partial charge < -0.3 is 14.8 Å². The number of para-hydroxylation sites is 4. The number of amides is 2. The number of ether oxygens (including phenoxy) is 2. The predicted molar refractivity (Wildman–Crippen MR) is 127 cm³/mol. The number of nitrogens with one attached hydrogen (secondary N) is 1. The second kappa shape index (κ2) is 9.28. The van der Waals surface area contributed by atoms with Gasteiger partial charge in [-0.2, -0.15) is 0 Å². The molecular weight excluding hydrogens is 424 g/mol. The molecular formula is C25H24N2O4S. The summed E-state index contributed by atoms with van der Waals surface area (Å²) in [6, 6.07) is 18.1. The summed E-state index contributed by atoms with van der Waals surface area (Å²) in [7, 11) is 0. The minimum Gasteiger partial charge on any atom is -0.492 e. The molecule has 2 heterocycles. The number of hydrogen-bond donors (Lipinski definition) is 1. The predicted octanol–water partition coefficient (Wildman–Crippen LogP) is 5.33. The van der Waals surface area contributed by atoms with Crippen LogP contribution in [0.5, 0.6) is 11.5 Å². The molecule has 3 aromatic rings. The molecule has 164 valence electrons. The number of nitrogens with zero attached hydrogens (tertiary/aromatic N) is 1. The first-order valence-electron chi connectivity index (χ1n) is 10.4. The van der Waals surface area contributed by atoms with Crippen molar-refractivity contribution in [3.63, 3.8) is 0 Å². The van der Waals surface area contributed by atoms with Gasteiger partial charge in [0.1, 0.15) is 17.2 Å². The van der Waals surface area contributed by atoms with Crippen LogP contribution < -0.4 is 19.7 Å². The number of carbonyl (C=O) groups is 2. The average molecular weight is 449 g/mol. The van der Waals surface area contributed by atoms with Crippen molar-refractivity contribution in [2.45, 2.75) is 26.9 Å². The molecule has 2 amide bonds. The molecule has 6 nitrogen and oxygen atoms in total. The third-order valence-electron chi connectivity index (χ3n) is 4.77. The topological polar surface area (TPSA) is 67.9 Å². The molecule has 0 saturated carbocycles. The third kappa shape index (κ3) is 4.11. The van der Waals surface area contributed by atoms with Crippen LogP contribution in [0.25, 0.3) is 5.57 Å². The van der Waals surface area contributed by atoms with Crippen LogP contribution >= 0.6 is 11.3 Å². The minimum absolute atomic E-state index is 0.107. The van der Waals surface area contributed by atoms with Crippen molar-refractivity contribution in [1.82, 2.24) is 0 Å². The van der Waals surface area contributed by atoms with Crippen molar-refractivity contribution in [3.05, 3.63) is 76.6 Å². The van der Waals surface area contributed by atoms with Gasteiger partial charge in [0.2, 0.25) is 0 Å². The fraction of sp³-hybridized carbons (Fsp3) is 0.200. The van der Waals surface area contributed by atoms with Crippen molar-refractivity contribution < 1.29 is 19.1 Å². The van der Waals surface area contributed by atoms with E-state index in [1.54, 1.807) is 18.2 Å². The molecule has 0 radical (unpaired) electrons. The molecule has 0 saturated heterocycles. The summed E-state index contributed by atoms with van der Waals surface area (Å²) >= 11 is 1.41. The summed E-state index contributed by atoms with van der Waals surface area (Å²) < 4.78 is 11.6. The molecule has 0 fully saturated rings. The zero-order valence-electron chi connectivity index (χ0n) is 18.1. The Morgan fingerprint density at radius 1 is 0.938 bits per heavy atom. The molecule has 7 heteroatoms. The second-order valence-corrected chi connectivity index (χ2v) is 8.31. The lowest BCUT2D eigenvalue weighted by Gasteiger charge is -2.20. The molecule has 0 unspecified atom stereocenters. The van der Waals surface area contributed by atoms with Crippen LogP contribution in [0.15, 0.2) is 71.7 Å². The minimum atomic E-state index is -0.440. The summed E-state index contributed by atoms with van der Waals surface area (Å²) in [5, 5.41) is 5.06. The van der Waals surface area contributed by atoms with Gasteiger partial charge in [-0.3, -0.25) is 9.59 Å². The molecule has 2 aromatic carbocycles. The first kappa shape index (κ1) is 21.6. The van der Waals surface area contributed by atoms with Crippen molar-refractivity contribution in [2.75, 3.05) is 16.8 Å². The first-order chi connectivity index (χ1) is 15.5. The van der Waals surface area contributed by atoms with Gasteiger partial charge in [-0.15, -0.1) is 11.3 Å². The maximum atomic E-state index is 13.6. The van der Waals surface area contributed by atoms with E-state index in [0.717, 1.165) is 0 Å². The SMILES string of the molecule is CCOc1ccccc1NC1=C(c2cccs2)C(=O)N(c2ccccc2OC(C)C)C1=O. The zero-order valence-corrected chi connectivity index (χ0v) is 18.9. The molecule has 0 spiro atoms. The third-order valence-corrected chi connectivity index (χ3v) is 5.65. The Hall–Kier alpha value is -3.58. The molecule has 0 bridgehead atoms. The van der Waals surface area contributed by atoms with E-state index in [1.807, 2.05) is 68.6 Å². The van der Waals surface area contributed by atoms with Crippen LogP contribution in [0, 0.1) is 0 Å². The van der Waals surface area contributed by atoms with E-state index in [-0.39, 0.29) is 11.8 Å². The highest BCUT2D eigenvalue weighted by atomic mass is 32.1. The van der Waals surface area contributed by atoms with E-state index >= 15 is 0 Å². The van der Waals surface area contributed by atoms with Crippen LogP contribution in [0.2, 0.25) is 0 Å². The highest BCUT2D eigenvalue weighted by Crippen LogP contribution is 2.40. The number of thiophene rings is 1. The van der Waals surface area contributed by atoms with Crippen LogP contribution in [-0.4, -0.2) is 24.5 Å². The monoisotopic (exact) mass is 448 g/mol. The summed E-state index contributed by atoms with van der Waals surface area (Å²) in [5.74, 6) is 0.249. The van der Waals surface area contributed by atoms with Gasteiger partial charge in [0.15, 0.2) is 0 Å². The largest absolute Gasteiger partial charge is 0.492 e. The smallest absolute Gasteiger partial charge is 0.282 e. The average Bonchev–Trinajstić information content (AvgIpc) is 3.37. The Morgan fingerprint density at radius 2 is 1.66 bits per heavy atom. The normalized spacial score (nSPS) is 13.8. The number of anilines is 2. The van der Waals surface area contributed by atoms with Crippen molar-refractivity contribution in [2.24, 2.45) is 0 Å². The Labute approximate surface area is 191 Å². The molecule has 32 heavy (non-hydrogen) atoms. The van der Waals surface area contributed by atoms with E-state index in [0.29, 0.717) is 39.9 Å². The highest BCUT2D eigenvalue weighted by molar-refractivity contribution is 7.11. The van der Waals surface area contributed by atoms with Crippen molar-refractivity contribution in [3.8, 4) is 11.5 Å². The standard InChI is InChI=1S/C25H24N2O4S/c1-4-30-19-12-7-5-10-17(19)26-23-22(21-14-9-15-32-21)24(28)27(25(23)29)18-11-6-8-13-20(18)31-16(2)3/h5-16,26H,4H2,1-3H3. The molecule has 1 aliphatic heterocycles. The lowest BCUT2D eigenvalue weighted by molar-refractivity contribution is -0.120. The van der Waals surface area contributed by atoms with E-state index < -0.39 is 11.8 Å². The van der Waals surface area contributed by atoms with Crippen LogP contribution in [-0.2, 0) is 9.59 Å². The van der Waals surface area contributed by atoms with Gasteiger partial charge in [0, 0.05) is 4.88 Å². The van der Waals surface area contributed by atoms with Gasteiger partial charge >= 0.3 is 0 Å². The number of rotatable bonds is 8. The zero-order chi connectivity index (χ0) is 22.7. The van der Waals surface area contributed by atoms with Gasteiger partial charge in [-0.25, -0.2) is 4.90 Å². The van der Waals surface area contributed by atoms with E-state index in [4.69, 9.17) is 9.47 Å². The summed E-state index contributed by atoms with van der Waals surface area (Å²) in [6.45, 7) is 6.17. The maximum absolute atomic E-state index is 13.6. The Balaban J connectivity index is 1.80. The van der Waals surface area contributed by atoms with Crippen LogP contribution in [0.3, 0.4) is 0 Å². The first-order valence-corrected chi connectivity index (χ1v) is 11.3. The number of imide groups is 1. The van der Waals surface area contributed by atoms with E-state index in [2.05, 4.69) is 5.32 Å². The second-order valence-electron chi connectivity index (χ2n) is 7.36. The van der Waals surface area contributed by atoms with Crippen molar-refractivity contribution >= 4 is 40.1 Å². The van der Waals surface area contributed by atoms with Crippen LogP contribution in [0.4, 0.5) is 11.4 Å². The lowest BCUT2D eigenvalue weighted by Crippen LogP contribution is -2.33. The molecule has 1 aliphatic rings. The number of benzene rings is 2. The van der Waals surface area contributed by atoms with Crippen LogP contribution in [0.1, 0.15) is 25.6 Å². The van der Waals surface area contributed by atoms with E-state index in [9.17, 15) is 9.59 Å². The molecule has 1 aromatic heterocycles. The lowest BCUT2D eigenvalue weighted by atomic mass is 10.1. The Bertz CT molecular complexity index is 1170. The highest BCUT2D eigenvalue weighted by Gasteiger charge is 2.42. The molecule has 1 N–H and O–H groups in total. The Kier molecular flexibility index (Phi) is 6.28. The quantitative estimate of drug-likeness (QED) is 0.472. The van der Waals surface area contributed by atoms with Gasteiger partial charge in [-0.1, -0.05) is 30.3 Å². The van der Waals surface area contributed by atoms with E-state index in [1.165, 1.54) is 16.2 Å². The van der Waals surface area contributed by atoms with Gasteiger partial charge in [0.25, 0.3) is 11.8 Å². The Morgan fingerprint density at radius 3 is 2.34 bits per heavy atom.